The monoisotopic (exact) mass is 680 g/mol. The molecule has 2 aromatic rings. The Hall–Kier alpha value is -0.945. The standard InChI is InChI=1S/C14H18BBrO4.C8H6BrIO2/c1-13(2)14(3,4)20-15(19-13)10-6-9(12(17)18-5)7-11(16)8-10;1-12-8(11)5-2-6(9)4-7(10)3-5/h6-8H,1-5H3;2-4H,1H3. The Morgan fingerprint density at radius 1 is 0.812 bits per heavy atom. The number of carbonyl (C=O) groups excluding carboxylic acids is 2. The van der Waals surface area contributed by atoms with Gasteiger partial charge >= 0.3 is 19.1 Å². The summed E-state index contributed by atoms with van der Waals surface area (Å²) in [4.78, 5) is 22.7. The Kier molecular flexibility index (Phi) is 9.37. The van der Waals surface area contributed by atoms with Crippen LogP contribution in [0.4, 0.5) is 0 Å². The van der Waals surface area contributed by atoms with E-state index in [9.17, 15) is 9.59 Å². The van der Waals surface area contributed by atoms with Crippen LogP contribution in [-0.2, 0) is 18.8 Å². The number of rotatable bonds is 3. The lowest BCUT2D eigenvalue weighted by Gasteiger charge is -2.32. The summed E-state index contributed by atoms with van der Waals surface area (Å²) >= 11 is 8.84. The predicted octanol–water partition coefficient (Wildman–Crippen LogP) is 5.38. The van der Waals surface area contributed by atoms with Crippen molar-refractivity contribution in [1.82, 2.24) is 0 Å². The number of benzene rings is 2. The Balaban J connectivity index is 0.000000258. The van der Waals surface area contributed by atoms with Crippen molar-refractivity contribution >= 4 is 79.0 Å². The molecule has 1 heterocycles. The van der Waals surface area contributed by atoms with Gasteiger partial charge in [0.05, 0.1) is 36.5 Å². The smallest absolute Gasteiger partial charge is 0.465 e. The molecule has 0 atom stereocenters. The number of carbonyl (C=O) groups is 2. The number of hydrogen-bond donors (Lipinski definition) is 0. The van der Waals surface area contributed by atoms with Crippen LogP contribution in [0, 0.1) is 3.57 Å². The Morgan fingerprint density at radius 2 is 1.25 bits per heavy atom. The van der Waals surface area contributed by atoms with E-state index in [1.54, 1.807) is 24.3 Å². The fraction of sp³-hybridized carbons (Fsp3) is 0.364. The summed E-state index contributed by atoms with van der Waals surface area (Å²) in [6.07, 6.45) is 0. The van der Waals surface area contributed by atoms with E-state index in [0.29, 0.717) is 11.1 Å². The Bertz CT molecular complexity index is 976. The lowest BCUT2D eigenvalue weighted by atomic mass is 9.78. The van der Waals surface area contributed by atoms with E-state index in [1.807, 2.05) is 39.8 Å². The van der Waals surface area contributed by atoms with Crippen LogP contribution >= 0.6 is 54.5 Å². The van der Waals surface area contributed by atoms with Gasteiger partial charge in [0.15, 0.2) is 0 Å². The average molecular weight is 682 g/mol. The van der Waals surface area contributed by atoms with E-state index in [4.69, 9.17) is 14.0 Å². The molecule has 0 bridgehead atoms. The van der Waals surface area contributed by atoms with E-state index >= 15 is 0 Å². The second kappa shape index (κ2) is 11.0. The maximum atomic E-state index is 11.7. The highest BCUT2D eigenvalue weighted by molar-refractivity contribution is 14.1. The summed E-state index contributed by atoms with van der Waals surface area (Å²) < 4.78 is 24.0. The molecule has 1 fully saturated rings. The lowest BCUT2D eigenvalue weighted by Crippen LogP contribution is -2.41. The molecule has 0 unspecified atom stereocenters. The van der Waals surface area contributed by atoms with Gasteiger partial charge in [-0.3, -0.25) is 0 Å². The van der Waals surface area contributed by atoms with Crippen molar-refractivity contribution in [3.63, 3.8) is 0 Å². The number of methoxy groups -OCH3 is 2. The third kappa shape index (κ3) is 6.79. The molecule has 0 N–H and O–H groups in total. The zero-order valence-corrected chi connectivity index (χ0v) is 24.0. The van der Waals surface area contributed by atoms with E-state index in [-0.39, 0.29) is 11.9 Å². The lowest BCUT2D eigenvalue weighted by molar-refractivity contribution is 0.00578. The highest BCUT2D eigenvalue weighted by Crippen LogP contribution is 2.36. The molecule has 3 rings (SSSR count). The van der Waals surface area contributed by atoms with Crippen molar-refractivity contribution in [2.75, 3.05) is 14.2 Å². The predicted molar refractivity (Wildman–Crippen MR) is 139 cm³/mol. The average Bonchev–Trinajstić information content (AvgIpc) is 2.93. The van der Waals surface area contributed by atoms with Crippen molar-refractivity contribution < 1.29 is 28.4 Å². The highest BCUT2D eigenvalue weighted by Gasteiger charge is 2.51. The van der Waals surface area contributed by atoms with E-state index in [1.165, 1.54) is 14.2 Å². The summed E-state index contributed by atoms with van der Waals surface area (Å²) in [5, 5.41) is 0. The maximum absolute atomic E-state index is 11.7. The number of hydrogen-bond acceptors (Lipinski definition) is 6. The van der Waals surface area contributed by atoms with E-state index in [2.05, 4.69) is 59.2 Å². The first-order valence-electron chi connectivity index (χ1n) is 9.58. The molecule has 0 aromatic heterocycles. The second-order valence-corrected chi connectivity index (χ2v) is 11.1. The van der Waals surface area contributed by atoms with Gasteiger partial charge in [0.25, 0.3) is 0 Å². The molecule has 0 radical (unpaired) electrons. The van der Waals surface area contributed by atoms with Gasteiger partial charge < -0.3 is 18.8 Å². The van der Waals surface area contributed by atoms with Crippen molar-refractivity contribution in [2.45, 2.75) is 38.9 Å². The van der Waals surface area contributed by atoms with Gasteiger partial charge in [-0.05, 0) is 92.1 Å². The first-order valence-corrected chi connectivity index (χ1v) is 12.2. The molecule has 1 saturated heterocycles. The second-order valence-electron chi connectivity index (χ2n) is 8.00. The minimum Gasteiger partial charge on any atom is -0.465 e. The molecule has 0 spiro atoms. The topological polar surface area (TPSA) is 71.1 Å². The molecule has 0 amide bonds. The third-order valence-corrected chi connectivity index (χ3v) is 6.69. The summed E-state index contributed by atoms with van der Waals surface area (Å²) in [6, 6.07) is 10.8. The van der Waals surface area contributed by atoms with Crippen LogP contribution in [0.25, 0.3) is 0 Å². The first-order chi connectivity index (χ1) is 14.8. The molecule has 172 valence electrons. The van der Waals surface area contributed by atoms with E-state index < -0.39 is 18.3 Å². The summed E-state index contributed by atoms with van der Waals surface area (Å²) in [7, 11) is 2.23. The molecule has 32 heavy (non-hydrogen) atoms. The SMILES string of the molecule is COC(=O)c1cc(Br)cc(B2OC(C)(C)C(C)(C)O2)c1.COC(=O)c1cc(Br)cc(I)c1. The van der Waals surface area contributed by atoms with Gasteiger partial charge in [0.2, 0.25) is 0 Å². The maximum Gasteiger partial charge on any atom is 0.494 e. The highest BCUT2D eigenvalue weighted by atomic mass is 127. The quantitative estimate of drug-likeness (QED) is 0.247. The largest absolute Gasteiger partial charge is 0.494 e. The van der Waals surface area contributed by atoms with Crippen LogP contribution in [0.2, 0.25) is 0 Å². The molecule has 10 heteroatoms. The van der Waals surface area contributed by atoms with Crippen LogP contribution < -0.4 is 5.46 Å². The zero-order chi connectivity index (χ0) is 24.3. The zero-order valence-electron chi connectivity index (χ0n) is 18.6. The first kappa shape index (κ1) is 27.3. The minimum absolute atomic E-state index is 0.311. The van der Waals surface area contributed by atoms with Crippen molar-refractivity contribution in [3.8, 4) is 0 Å². The number of esters is 2. The third-order valence-electron chi connectivity index (χ3n) is 5.15. The Morgan fingerprint density at radius 3 is 1.69 bits per heavy atom. The van der Waals surface area contributed by atoms with Crippen LogP contribution in [-0.4, -0.2) is 44.5 Å². The molecule has 1 aliphatic rings. The minimum atomic E-state index is -0.499. The molecule has 2 aromatic carbocycles. The van der Waals surface area contributed by atoms with Crippen LogP contribution in [0.3, 0.4) is 0 Å². The van der Waals surface area contributed by atoms with Gasteiger partial charge in [-0.1, -0.05) is 31.9 Å². The van der Waals surface area contributed by atoms with E-state index in [0.717, 1.165) is 18.0 Å². The summed E-state index contributed by atoms with van der Waals surface area (Å²) in [6.45, 7) is 7.97. The molecular weight excluding hydrogens is 658 g/mol. The van der Waals surface area contributed by atoms with Crippen LogP contribution in [0.1, 0.15) is 48.4 Å². The summed E-state index contributed by atoms with van der Waals surface area (Å²) in [5.74, 6) is -0.696. The van der Waals surface area contributed by atoms with Gasteiger partial charge in [-0.15, -0.1) is 0 Å². The van der Waals surface area contributed by atoms with Crippen molar-refractivity contribution in [3.05, 3.63) is 60.0 Å². The normalized spacial score (nSPS) is 16.1. The fourth-order valence-electron chi connectivity index (χ4n) is 2.75. The van der Waals surface area contributed by atoms with Gasteiger partial charge in [-0.2, -0.15) is 0 Å². The number of ether oxygens (including phenoxy) is 2. The Labute approximate surface area is 219 Å². The van der Waals surface area contributed by atoms with Gasteiger partial charge in [-0.25, -0.2) is 9.59 Å². The van der Waals surface area contributed by atoms with Crippen molar-refractivity contribution in [1.29, 1.82) is 0 Å². The van der Waals surface area contributed by atoms with Crippen molar-refractivity contribution in [2.24, 2.45) is 0 Å². The molecular formula is C22H24BBr2IO6. The fourth-order valence-corrected chi connectivity index (χ4v) is 4.86. The summed E-state index contributed by atoms with van der Waals surface area (Å²) in [5.41, 5.74) is 0.998. The molecule has 6 nitrogen and oxygen atoms in total. The number of halogens is 3. The molecule has 1 aliphatic heterocycles. The molecule has 0 saturated carbocycles. The van der Waals surface area contributed by atoms with Gasteiger partial charge in [0, 0.05) is 12.5 Å². The van der Waals surface area contributed by atoms with Crippen LogP contribution in [0.15, 0.2) is 45.3 Å². The van der Waals surface area contributed by atoms with Crippen LogP contribution in [0.5, 0.6) is 0 Å². The molecule has 0 aliphatic carbocycles. The van der Waals surface area contributed by atoms with Gasteiger partial charge in [0.1, 0.15) is 0 Å².